The highest BCUT2D eigenvalue weighted by molar-refractivity contribution is 6.34. The summed E-state index contributed by atoms with van der Waals surface area (Å²) in [5, 5.41) is 0. The number of hydrogen-bond acceptors (Lipinski definition) is 1. The fourth-order valence-electron chi connectivity index (χ4n) is 0.453. The molecule has 11 heavy (non-hydrogen) atoms. The Morgan fingerprint density at radius 2 is 2.18 bits per heavy atom. The van der Waals surface area contributed by atoms with Gasteiger partial charge in [-0.3, -0.25) is 0 Å². The fraction of sp³-hybridized carbons (Fsp3) is 0.556. The molecule has 0 rings (SSSR count). The predicted octanol–water partition coefficient (Wildman–Crippen LogP) is 1.63. The molecule has 0 amide bonds. The molecule has 0 fully saturated rings. The molecule has 0 saturated carbocycles. The Hall–Kier alpha value is -0.683. The van der Waals surface area contributed by atoms with E-state index in [1.165, 1.54) is 0 Å². The molecule has 0 aliphatic rings. The molecular weight excluding hydrogens is 152 g/mol. The van der Waals surface area contributed by atoms with Gasteiger partial charge in [-0.05, 0) is 5.41 Å². The highest BCUT2D eigenvalue weighted by atomic mass is 28.2. The predicted molar refractivity (Wildman–Crippen MR) is 51.7 cm³/mol. The van der Waals surface area contributed by atoms with Gasteiger partial charge in [0, 0.05) is 6.42 Å². The summed E-state index contributed by atoms with van der Waals surface area (Å²) in [4.78, 5) is 0. The Morgan fingerprint density at radius 1 is 1.55 bits per heavy atom. The van der Waals surface area contributed by atoms with Crippen LogP contribution < -0.4 is 0 Å². The van der Waals surface area contributed by atoms with Crippen molar-refractivity contribution in [1.29, 1.82) is 0 Å². The third kappa shape index (κ3) is 9.32. The molecule has 0 aliphatic carbocycles. The SMILES string of the molecule is C=C[SiH2]OC#CCC(C)(C)C. The summed E-state index contributed by atoms with van der Waals surface area (Å²) < 4.78 is 5.04. The largest absolute Gasteiger partial charge is 0.503 e. The van der Waals surface area contributed by atoms with Crippen LogP contribution in [0.25, 0.3) is 0 Å². The monoisotopic (exact) mass is 168 g/mol. The maximum atomic E-state index is 5.04. The standard InChI is InChI=1S/C9H16OSi/c1-5-11-10-8-6-7-9(2,3)4/h5H,1,7,11H2,2-4H3. The van der Waals surface area contributed by atoms with E-state index in [9.17, 15) is 0 Å². The van der Waals surface area contributed by atoms with Gasteiger partial charge in [0.05, 0.1) is 6.11 Å². The molecule has 2 heteroatoms. The zero-order valence-electron chi connectivity index (χ0n) is 7.61. The fourth-order valence-corrected chi connectivity index (χ4v) is 0.756. The van der Waals surface area contributed by atoms with Crippen LogP contribution in [0.3, 0.4) is 0 Å². The number of hydrogen-bond donors (Lipinski definition) is 0. The van der Waals surface area contributed by atoms with Gasteiger partial charge >= 0.3 is 0 Å². The van der Waals surface area contributed by atoms with Crippen molar-refractivity contribution in [2.45, 2.75) is 27.2 Å². The molecule has 0 bridgehead atoms. The van der Waals surface area contributed by atoms with Crippen LogP contribution in [0.2, 0.25) is 0 Å². The molecule has 0 aromatic rings. The topological polar surface area (TPSA) is 9.23 Å². The van der Waals surface area contributed by atoms with Gasteiger partial charge in [-0.1, -0.05) is 32.4 Å². The second kappa shape index (κ2) is 5.03. The first-order valence-electron chi connectivity index (χ1n) is 3.77. The Bertz CT molecular complexity index is 168. The molecule has 0 N–H and O–H groups in total. The highest BCUT2D eigenvalue weighted by Crippen LogP contribution is 2.16. The van der Waals surface area contributed by atoms with Crippen molar-refractivity contribution in [3.63, 3.8) is 0 Å². The summed E-state index contributed by atoms with van der Waals surface area (Å²) in [6, 6.07) is 0. The van der Waals surface area contributed by atoms with Crippen LogP contribution in [0.15, 0.2) is 12.3 Å². The van der Waals surface area contributed by atoms with E-state index in [1.807, 2.05) is 5.70 Å². The summed E-state index contributed by atoms with van der Waals surface area (Å²) in [6.45, 7) is 10.1. The normalized spacial score (nSPS) is 10.8. The average molecular weight is 168 g/mol. The smallest absolute Gasteiger partial charge is 0.258 e. The molecule has 0 spiro atoms. The second-order valence-electron chi connectivity index (χ2n) is 3.62. The molecule has 0 aliphatic heterocycles. The lowest BCUT2D eigenvalue weighted by Gasteiger charge is -2.12. The first kappa shape index (κ1) is 10.3. The van der Waals surface area contributed by atoms with Crippen LogP contribution >= 0.6 is 0 Å². The van der Waals surface area contributed by atoms with E-state index in [0.29, 0.717) is 0 Å². The Kier molecular flexibility index (Phi) is 4.72. The van der Waals surface area contributed by atoms with E-state index in [1.54, 1.807) is 0 Å². The molecule has 0 aromatic heterocycles. The lowest BCUT2D eigenvalue weighted by Crippen LogP contribution is -2.02. The van der Waals surface area contributed by atoms with Crippen molar-refractivity contribution in [2.75, 3.05) is 0 Å². The molecule has 1 nitrogen and oxygen atoms in total. The van der Waals surface area contributed by atoms with E-state index >= 15 is 0 Å². The molecular formula is C9H16OSi. The third-order valence-electron chi connectivity index (χ3n) is 0.964. The Morgan fingerprint density at radius 3 is 2.64 bits per heavy atom. The maximum Gasteiger partial charge on any atom is 0.258 e. The molecule has 0 aromatic carbocycles. The van der Waals surface area contributed by atoms with Crippen LogP contribution in [0.1, 0.15) is 27.2 Å². The quantitative estimate of drug-likeness (QED) is 0.346. The van der Waals surface area contributed by atoms with Gasteiger partial charge in [0.2, 0.25) is 0 Å². The zero-order chi connectivity index (χ0) is 8.74. The minimum absolute atomic E-state index is 0.284. The summed E-state index contributed by atoms with van der Waals surface area (Å²) in [5.74, 6) is 2.97. The lowest BCUT2D eigenvalue weighted by molar-refractivity contribution is 0.425. The minimum Gasteiger partial charge on any atom is -0.503 e. The van der Waals surface area contributed by atoms with Gasteiger partial charge in [0.15, 0.2) is 0 Å². The van der Waals surface area contributed by atoms with Gasteiger partial charge < -0.3 is 4.43 Å². The molecule has 0 unspecified atom stereocenters. The van der Waals surface area contributed by atoms with Gasteiger partial charge in [0.1, 0.15) is 0 Å². The van der Waals surface area contributed by atoms with Gasteiger partial charge in [-0.15, -0.1) is 6.58 Å². The number of rotatable bonds is 2. The molecule has 0 heterocycles. The molecule has 62 valence electrons. The second-order valence-corrected chi connectivity index (χ2v) is 4.82. The van der Waals surface area contributed by atoms with Crippen LogP contribution in [0.4, 0.5) is 0 Å². The first-order chi connectivity index (χ1) is 5.06. The summed E-state index contributed by atoms with van der Waals surface area (Å²) in [6.07, 6.45) is 3.57. The molecule has 0 atom stereocenters. The minimum atomic E-state index is -0.552. The van der Waals surface area contributed by atoms with Crippen LogP contribution in [0.5, 0.6) is 0 Å². The van der Waals surface area contributed by atoms with Crippen LogP contribution in [-0.4, -0.2) is 9.76 Å². The maximum absolute atomic E-state index is 5.04. The lowest BCUT2D eigenvalue weighted by atomic mass is 9.93. The van der Waals surface area contributed by atoms with Crippen LogP contribution in [-0.2, 0) is 4.43 Å². The van der Waals surface area contributed by atoms with E-state index in [0.717, 1.165) is 6.42 Å². The third-order valence-corrected chi connectivity index (χ3v) is 1.51. The molecule has 0 saturated heterocycles. The highest BCUT2D eigenvalue weighted by Gasteiger charge is 2.06. The van der Waals surface area contributed by atoms with Crippen molar-refractivity contribution >= 4 is 9.76 Å². The Labute approximate surface area is 71.8 Å². The first-order valence-corrected chi connectivity index (χ1v) is 5.16. The van der Waals surface area contributed by atoms with Crippen molar-refractivity contribution in [1.82, 2.24) is 0 Å². The van der Waals surface area contributed by atoms with E-state index in [2.05, 4.69) is 39.4 Å². The van der Waals surface area contributed by atoms with Crippen molar-refractivity contribution in [3.05, 3.63) is 12.3 Å². The summed E-state index contributed by atoms with van der Waals surface area (Å²) in [5.41, 5.74) is 2.11. The van der Waals surface area contributed by atoms with Crippen molar-refractivity contribution in [3.8, 4) is 12.0 Å². The van der Waals surface area contributed by atoms with Crippen molar-refractivity contribution < 1.29 is 4.43 Å². The van der Waals surface area contributed by atoms with Crippen molar-refractivity contribution in [2.24, 2.45) is 5.41 Å². The summed E-state index contributed by atoms with van der Waals surface area (Å²) in [7, 11) is -0.552. The van der Waals surface area contributed by atoms with E-state index in [-0.39, 0.29) is 5.41 Å². The van der Waals surface area contributed by atoms with Gasteiger partial charge in [-0.2, -0.15) is 0 Å². The Balaban J connectivity index is 3.48. The van der Waals surface area contributed by atoms with E-state index in [4.69, 9.17) is 4.43 Å². The van der Waals surface area contributed by atoms with Gasteiger partial charge in [-0.25, -0.2) is 0 Å². The summed E-state index contributed by atoms with van der Waals surface area (Å²) >= 11 is 0. The zero-order valence-corrected chi connectivity index (χ0v) is 9.02. The average Bonchev–Trinajstić information content (AvgIpc) is 1.85. The van der Waals surface area contributed by atoms with Crippen LogP contribution in [0, 0.1) is 17.4 Å². The molecule has 0 radical (unpaired) electrons. The van der Waals surface area contributed by atoms with Gasteiger partial charge in [0.25, 0.3) is 9.76 Å². The van der Waals surface area contributed by atoms with E-state index < -0.39 is 9.76 Å².